The molecule has 24 heavy (non-hydrogen) atoms. The molecule has 4 heterocycles. The Morgan fingerprint density at radius 3 is 2.92 bits per heavy atom. The Hall–Kier alpha value is -2.30. The first kappa shape index (κ1) is 15.2. The van der Waals surface area contributed by atoms with Crippen molar-refractivity contribution in [3.63, 3.8) is 0 Å². The van der Waals surface area contributed by atoms with Crippen LogP contribution in [0.4, 0.5) is 10.3 Å². The largest absolute Gasteiger partial charge is 0.367 e. The van der Waals surface area contributed by atoms with E-state index in [1.807, 2.05) is 29.8 Å². The number of nitrogens with zero attached hydrogens (tertiary/aromatic N) is 6. The number of aromatic nitrogens is 6. The first-order chi connectivity index (χ1) is 11.5. The average molecular weight is 437 g/mol. The van der Waals surface area contributed by atoms with Gasteiger partial charge in [-0.1, -0.05) is 0 Å². The molecule has 0 aliphatic carbocycles. The Bertz CT molecular complexity index is 1050. The van der Waals surface area contributed by atoms with E-state index >= 15 is 0 Å². The predicted molar refractivity (Wildman–Crippen MR) is 97.6 cm³/mol. The van der Waals surface area contributed by atoms with Gasteiger partial charge in [-0.05, 0) is 41.6 Å². The van der Waals surface area contributed by atoms with Crippen LogP contribution in [0, 0.1) is 6.92 Å². The Kier molecular flexibility index (Phi) is 3.59. The fourth-order valence-electron chi connectivity index (χ4n) is 2.79. The molecular weight excluding hydrogens is 424 g/mol. The summed E-state index contributed by atoms with van der Waals surface area (Å²) < 4.78 is 16.0. The average Bonchev–Trinajstić information content (AvgIpc) is 3.08. The number of halogens is 2. The lowest BCUT2D eigenvalue weighted by molar-refractivity contribution is 0.424. The van der Waals surface area contributed by atoms with E-state index in [0.29, 0.717) is 5.65 Å². The number of alkyl halides is 2. The van der Waals surface area contributed by atoms with Crippen molar-refractivity contribution in [3.8, 4) is 11.1 Å². The second-order valence-electron chi connectivity index (χ2n) is 5.40. The predicted octanol–water partition coefficient (Wildman–Crippen LogP) is 2.76. The lowest BCUT2D eigenvalue weighted by atomic mass is 10.1. The van der Waals surface area contributed by atoms with Gasteiger partial charge in [0.05, 0.1) is 23.8 Å². The molecule has 0 amide bonds. The normalized spacial score (nSPS) is 13.0. The Labute approximate surface area is 149 Å². The van der Waals surface area contributed by atoms with E-state index in [1.54, 1.807) is 39.5 Å². The van der Waals surface area contributed by atoms with Crippen molar-refractivity contribution in [2.75, 3.05) is 5.73 Å². The maximum absolute atomic E-state index is 13.5. The molecule has 4 aromatic rings. The van der Waals surface area contributed by atoms with Gasteiger partial charge in [-0.15, -0.1) is 5.10 Å². The van der Waals surface area contributed by atoms with Gasteiger partial charge in [-0.3, -0.25) is 0 Å². The maximum Gasteiger partial charge on any atom is 0.238 e. The highest BCUT2D eigenvalue weighted by atomic mass is 127. The first-order valence-corrected chi connectivity index (χ1v) is 8.49. The molecule has 4 rings (SSSR count). The fraction of sp³-hybridized carbons (Fsp3) is 0.200. The fourth-order valence-corrected chi connectivity index (χ4v) is 3.19. The van der Waals surface area contributed by atoms with Crippen molar-refractivity contribution in [2.45, 2.75) is 17.6 Å². The van der Waals surface area contributed by atoms with E-state index in [2.05, 4.69) is 20.1 Å². The molecule has 9 heteroatoms. The number of imidazole rings is 1. The minimum Gasteiger partial charge on any atom is -0.367 e. The third kappa shape index (κ3) is 2.48. The summed E-state index contributed by atoms with van der Waals surface area (Å²) in [6.07, 6.45) is 5.24. The molecule has 0 saturated heterocycles. The van der Waals surface area contributed by atoms with Crippen molar-refractivity contribution in [3.05, 3.63) is 36.5 Å². The minimum absolute atomic E-state index is 0.211. The van der Waals surface area contributed by atoms with Crippen LogP contribution in [0.5, 0.6) is 0 Å². The number of hydrogen-bond donors (Lipinski definition) is 1. The third-order valence-corrected chi connectivity index (χ3v) is 4.26. The standard InChI is InChI=1S/C15H13FIN7/c1-8-21-14-11(23(8)7-13(16)17)4-9(5-19-14)10-2-3-24-12(10)6-20-15(18)22-24/h2-6,13H,7H2,1H3,(H2,18,22). The van der Waals surface area contributed by atoms with Crippen molar-refractivity contribution in [1.29, 1.82) is 0 Å². The highest BCUT2D eigenvalue weighted by Crippen LogP contribution is 2.28. The van der Waals surface area contributed by atoms with Crippen molar-refractivity contribution < 1.29 is 4.39 Å². The monoisotopic (exact) mass is 437 g/mol. The van der Waals surface area contributed by atoms with Crippen LogP contribution in [0.25, 0.3) is 27.8 Å². The molecule has 1 unspecified atom stereocenters. The molecule has 122 valence electrons. The lowest BCUT2D eigenvalue weighted by Gasteiger charge is -2.07. The molecule has 2 N–H and O–H groups in total. The number of rotatable bonds is 3. The second kappa shape index (κ2) is 5.65. The van der Waals surface area contributed by atoms with Crippen LogP contribution in [-0.4, -0.2) is 33.3 Å². The second-order valence-corrected chi connectivity index (χ2v) is 6.75. The van der Waals surface area contributed by atoms with Gasteiger partial charge in [0.25, 0.3) is 0 Å². The molecule has 0 radical (unpaired) electrons. The van der Waals surface area contributed by atoms with Crippen molar-refractivity contribution in [2.24, 2.45) is 0 Å². The number of pyridine rings is 1. The molecular formula is C15H13FIN7. The van der Waals surface area contributed by atoms with Gasteiger partial charge in [0.15, 0.2) is 9.83 Å². The number of nitrogens with two attached hydrogens (primary N) is 1. The molecule has 0 spiro atoms. The Morgan fingerprint density at radius 2 is 2.12 bits per heavy atom. The van der Waals surface area contributed by atoms with Gasteiger partial charge in [0.1, 0.15) is 5.82 Å². The number of aryl methyl sites for hydroxylation is 1. The van der Waals surface area contributed by atoms with Crippen molar-refractivity contribution in [1.82, 2.24) is 29.1 Å². The highest BCUT2D eigenvalue weighted by molar-refractivity contribution is 14.1. The summed E-state index contributed by atoms with van der Waals surface area (Å²) in [7, 11) is 0. The summed E-state index contributed by atoms with van der Waals surface area (Å²) in [5.74, 6) is 0.953. The van der Waals surface area contributed by atoms with Crippen LogP contribution < -0.4 is 5.73 Å². The van der Waals surface area contributed by atoms with Crippen LogP contribution >= 0.6 is 22.6 Å². The lowest BCUT2D eigenvalue weighted by Crippen LogP contribution is -2.06. The van der Waals surface area contributed by atoms with Crippen LogP contribution in [0.15, 0.2) is 30.7 Å². The molecule has 7 nitrogen and oxygen atoms in total. The molecule has 0 aromatic carbocycles. The topological polar surface area (TPSA) is 86.9 Å². The number of fused-ring (bicyclic) bond motifs is 2. The molecule has 0 aliphatic heterocycles. The Morgan fingerprint density at radius 1 is 1.29 bits per heavy atom. The first-order valence-electron chi connectivity index (χ1n) is 7.24. The highest BCUT2D eigenvalue weighted by Gasteiger charge is 2.14. The van der Waals surface area contributed by atoms with Gasteiger partial charge in [0.2, 0.25) is 5.95 Å². The maximum atomic E-state index is 13.5. The van der Waals surface area contributed by atoms with E-state index in [4.69, 9.17) is 5.73 Å². The Balaban J connectivity index is 1.90. The summed E-state index contributed by atoms with van der Waals surface area (Å²) in [6.45, 7) is 2.09. The molecule has 4 aromatic heterocycles. The van der Waals surface area contributed by atoms with Crippen LogP contribution in [0.1, 0.15) is 5.82 Å². The molecule has 1 atom stereocenters. The van der Waals surface area contributed by atoms with E-state index in [9.17, 15) is 4.39 Å². The quantitative estimate of drug-likeness (QED) is 0.394. The van der Waals surface area contributed by atoms with E-state index in [1.165, 1.54) is 0 Å². The van der Waals surface area contributed by atoms with Gasteiger partial charge in [-0.25, -0.2) is 23.9 Å². The minimum atomic E-state index is -0.992. The van der Waals surface area contributed by atoms with Crippen molar-refractivity contribution >= 4 is 45.2 Å². The molecule has 0 fully saturated rings. The van der Waals surface area contributed by atoms with Gasteiger partial charge in [0, 0.05) is 23.5 Å². The van der Waals surface area contributed by atoms with Crippen LogP contribution in [0.2, 0.25) is 0 Å². The zero-order valence-corrected chi connectivity index (χ0v) is 14.8. The van der Waals surface area contributed by atoms with Crippen LogP contribution in [0.3, 0.4) is 0 Å². The van der Waals surface area contributed by atoms with E-state index < -0.39 is 4.18 Å². The van der Waals surface area contributed by atoms with Gasteiger partial charge in [-0.2, -0.15) is 0 Å². The summed E-state index contributed by atoms with van der Waals surface area (Å²) in [5.41, 5.74) is 9.67. The summed E-state index contributed by atoms with van der Waals surface area (Å²) >= 11 is 1.76. The summed E-state index contributed by atoms with van der Waals surface area (Å²) in [5, 5.41) is 4.14. The number of hydrogen-bond acceptors (Lipinski definition) is 5. The third-order valence-electron chi connectivity index (χ3n) is 3.86. The van der Waals surface area contributed by atoms with Gasteiger partial charge < -0.3 is 10.3 Å². The van der Waals surface area contributed by atoms with Crippen LogP contribution in [-0.2, 0) is 6.54 Å². The number of anilines is 1. The van der Waals surface area contributed by atoms with Gasteiger partial charge >= 0.3 is 0 Å². The zero-order chi connectivity index (χ0) is 16.8. The molecule has 0 saturated carbocycles. The number of nitrogen functional groups attached to an aromatic ring is 1. The molecule has 0 bridgehead atoms. The summed E-state index contributed by atoms with van der Waals surface area (Å²) in [6, 6.07) is 3.89. The smallest absolute Gasteiger partial charge is 0.238 e. The zero-order valence-electron chi connectivity index (χ0n) is 12.7. The van der Waals surface area contributed by atoms with E-state index in [-0.39, 0.29) is 12.5 Å². The van der Waals surface area contributed by atoms with E-state index in [0.717, 1.165) is 28.0 Å². The SMILES string of the molecule is Cc1nc2ncc(-c3ccn4nc(N)ncc34)cc2n1CC(F)I. The molecule has 0 aliphatic rings. The summed E-state index contributed by atoms with van der Waals surface area (Å²) in [4.78, 5) is 12.9.